The van der Waals surface area contributed by atoms with E-state index in [9.17, 15) is 4.79 Å². The van der Waals surface area contributed by atoms with Crippen molar-refractivity contribution in [2.24, 2.45) is 5.92 Å². The molecular formula is C14H24N4O2. The van der Waals surface area contributed by atoms with Gasteiger partial charge in [0.05, 0.1) is 12.8 Å². The Morgan fingerprint density at radius 1 is 1.60 bits per heavy atom. The average molecular weight is 280 g/mol. The van der Waals surface area contributed by atoms with Crippen molar-refractivity contribution in [3.05, 3.63) is 18.0 Å². The molecule has 1 saturated heterocycles. The van der Waals surface area contributed by atoms with Crippen LogP contribution in [0.25, 0.3) is 0 Å². The number of nitrogens with one attached hydrogen (secondary N) is 1. The van der Waals surface area contributed by atoms with Gasteiger partial charge in [-0.1, -0.05) is 0 Å². The molecule has 1 aliphatic rings. The summed E-state index contributed by atoms with van der Waals surface area (Å²) >= 11 is 0. The number of carbonyl (C=O) groups is 1. The van der Waals surface area contributed by atoms with Crippen LogP contribution in [0.15, 0.2) is 12.4 Å². The van der Waals surface area contributed by atoms with Crippen molar-refractivity contribution in [3.63, 3.8) is 0 Å². The maximum absolute atomic E-state index is 11.8. The highest BCUT2D eigenvalue weighted by atomic mass is 16.5. The summed E-state index contributed by atoms with van der Waals surface area (Å²) in [5.74, 6) is 0.582. The zero-order chi connectivity index (χ0) is 14.4. The third-order valence-corrected chi connectivity index (χ3v) is 3.64. The summed E-state index contributed by atoms with van der Waals surface area (Å²) < 4.78 is 6.76. The average Bonchev–Trinajstić information content (AvgIpc) is 3.03. The Bertz CT molecular complexity index is 433. The minimum atomic E-state index is 0.0310. The third kappa shape index (κ3) is 4.61. The van der Waals surface area contributed by atoms with E-state index in [-0.39, 0.29) is 5.91 Å². The highest BCUT2D eigenvalue weighted by molar-refractivity contribution is 5.75. The Morgan fingerprint density at radius 3 is 3.15 bits per heavy atom. The molecule has 6 heteroatoms. The molecule has 1 fully saturated rings. The zero-order valence-electron chi connectivity index (χ0n) is 12.3. The SMILES string of the molecule is COCCN1CC[C@H](CNC(=O)Cn2cc(C)cn2)C1. The highest BCUT2D eigenvalue weighted by Gasteiger charge is 2.22. The number of methoxy groups -OCH3 is 1. The van der Waals surface area contributed by atoms with Crippen molar-refractivity contribution in [3.8, 4) is 0 Å². The number of hydrogen-bond acceptors (Lipinski definition) is 4. The molecule has 6 nitrogen and oxygen atoms in total. The van der Waals surface area contributed by atoms with E-state index in [0.29, 0.717) is 12.5 Å². The lowest BCUT2D eigenvalue weighted by Crippen LogP contribution is -2.33. The zero-order valence-corrected chi connectivity index (χ0v) is 12.3. The Balaban J connectivity index is 1.64. The summed E-state index contributed by atoms with van der Waals surface area (Å²) in [6.45, 7) is 6.92. The second kappa shape index (κ2) is 7.40. The summed E-state index contributed by atoms with van der Waals surface area (Å²) in [4.78, 5) is 14.2. The van der Waals surface area contributed by atoms with E-state index in [2.05, 4.69) is 15.3 Å². The van der Waals surface area contributed by atoms with Gasteiger partial charge in [0, 0.05) is 32.9 Å². The van der Waals surface area contributed by atoms with E-state index in [1.54, 1.807) is 18.0 Å². The fourth-order valence-electron chi connectivity index (χ4n) is 2.52. The van der Waals surface area contributed by atoms with Crippen LogP contribution in [0.4, 0.5) is 0 Å². The van der Waals surface area contributed by atoms with Gasteiger partial charge in [0.25, 0.3) is 0 Å². The maximum Gasteiger partial charge on any atom is 0.241 e. The van der Waals surface area contributed by atoms with Crippen LogP contribution >= 0.6 is 0 Å². The number of aromatic nitrogens is 2. The second-order valence-electron chi connectivity index (χ2n) is 5.47. The lowest BCUT2D eigenvalue weighted by Gasteiger charge is -2.15. The van der Waals surface area contributed by atoms with Crippen molar-refractivity contribution in [2.75, 3.05) is 39.9 Å². The molecule has 2 heterocycles. The lowest BCUT2D eigenvalue weighted by atomic mass is 10.1. The van der Waals surface area contributed by atoms with Crippen LogP contribution in [-0.2, 0) is 16.1 Å². The fraction of sp³-hybridized carbons (Fsp3) is 0.714. The quantitative estimate of drug-likeness (QED) is 0.779. The van der Waals surface area contributed by atoms with Crippen molar-refractivity contribution in [1.82, 2.24) is 20.0 Å². The van der Waals surface area contributed by atoms with Crippen LogP contribution in [0.5, 0.6) is 0 Å². The van der Waals surface area contributed by atoms with Gasteiger partial charge >= 0.3 is 0 Å². The van der Waals surface area contributed by atoms with Gasteiger partial charge in [0.15, 0.2) is 0 Å². The van der Waals surface area contributed by atoms with E-state index in [4.69, 9.17) is 4.74 Å². The maximum atomic E-state index is 11.8. The summed E-state index contributed by atoms with van der Waals surface area (Å²) in [5, 5.41) is 7.12. The van der Waals surface area contributed by atoms with Crippen LogP contribution in [0, 0.1) is 12.8 Å². The van der Waals surface area contributed by atoms with Crippen LogP contribution < -0.4 is 5.32 Å². The molecule has 1 aromatic heterocycles. The largest absolute Gasteiger partial charge is 0.383 e. The molecule has 20 heavy (non-hydrogen) atoms. The summed E-state index contributed by atoms with van der Waals surface area (Å²) in [7, 11) is 1.73. The standard InChI is InChI=1S/C14H24N4O2/c1-12-7-16-18(9-12)11-14(19)15-8-13-3-4-17(10-13)5-6-20-2/h7,9,13H,3-6,8,10-11H2,1-2H3,(H,15,19)/t13-/m1/s1. The normalized spacial score (nSPS) is 19.4. The number of nitrogens with zero attached hydrogens (tertiary/aromatic N) is 3. The molecule has 1 N–H and O–H groups in total. The minimum Gasteiger partial charge on any atom is -0.383 e. The van der Waals surface area contributed by atoms with Crippen molar-refractivity contribution in [2.45, 2.75) is 19.9 Å². The Labute approximate surface area is 120 Å². The molecule has 1 atom stereocenters. The number of aryl methyl sites for hydroxylation is 1. The summed E-state index contributed by atoms with van der Waals surface area (Å²) in [5.41, 5.74) is 1.07. The van der Waals surface area contributed by atoms with E-state index >= 15 is 0 Å². The molecule has 0 bridgehead atoms. The first-order chi connectivity index (χ1) is 9.67. The number of likely N-dealkylation sites (tertiary alicyclic amines) is 1. The Hall–Kier alpha value is -1.40. The Kier molecular flexibility index (Phi) is 5.55. The number of ether oxygens (including phenoxy) is 1. The fourth-order valence-corrected chi connectivity index (χ4v) is 2.52. The van der Waals surface area contributed by atoms with Crippen molar-refractivity contribution in [1.29, 1.82) is 0 Å². The molecule has 0 aromatic carbocycles. The molecular weight excluding hydrogens is 256 g/mol. The Morgan fingerprint density at radius 2 is 2.45 bits per heavy atom. The van der Waals surface area contributed by atoms with Crippen LogP contribution in [0.3, 0.4) is 0 Å². The van der Waals surface area contributed by atoms with Gasteiger partial charge in [-0.25, -0.2) is 0 Å². The van der Waals surface area contributed by atoms with Gasteiger partial charge in [0.2, 0.25) is 5.91 Å². The van der Waals surface area contributed by atoms with E-state index in [1.165, 1.54) is 0 Å². The molecule has 2 rings (SSSR count). The molecule has 1 aliphatic heterocycles. The second-order valence-corrected chi connectivity index (χ2v) is 5.47. The topological polar surface area (TPSA) is 59.4 Å². The molecule has 112 valence electrons. The molecule has 0 aliphatic carbocycles. The number of hydrogen-bond donors (Lipinski definition) is 1. The first kappa shape index (κ1) is 15.0. The molecule has 0 unspecified atom stereocenters. The van der Waals surface area contributed by atoms with Gasteiger partial charge in [-0.2, -0.15) is 5.10 Å². The van der Waals surface area contributed by atoms with Gasteiger partial charge in [0.1, 0.15) is 6.54 Å². The molecule has 0 saturated carbocycles. The number of amides is 1. The first-order valence-electron chi connectivity index (χ1n) is 7.14. The highest BCUT2D eigenvalue weighted by Crippen LogP contribution is 2.14. The monoisotopic (exact) mass is 280 g/mol. The van der Waals surface area contributed by atoms with E-state index in [0.717, 1.165) is 44.8 Å². The van der Waals surface area contributed by atoms with E-state index < -0.39 is 0 Å². The molecule has 1 aromatic rings. The van der Waals surface area contributed by atoms with Crippen molar-refractivity contribution >= 4 is 5.91 Å². The molecule has 1 amide bonds. The van der Waals surface area contributed by atoms with Gasteiger partial charge in [-0.05, 0) is 31.4 Å². The predicted octanol–water partition coefficient (Wildman–Crippen LogP) is 0.276. The number of rotatable bonds is 7. The minimum absolute atomic E-state index is 0.0310. The predicted molar refractivity (Wildman–Crippen MR) is 76.4 cm³/mol. The van der Waals surface area contributed by atoms with E-state index in [1.807, 2.05) is 13.1 Å². The lowest BCUT2D eigenvalue weighted by molar-refractivity contribution is -0.122. The summed E-state index contributed by atoms with van der Waals surface area (Å²) in [6.07, 6.45) is 4.78. The van der Waals surface area contributed by atoms with Crippen LogP contribution in [0.2, 0.25) is 0 Å². The molecule has 0 spiro atoms. The van der Waals surface area contributed by atoms with Gasteiger partial charge in [-0.3, -0.25) is 9.48 Å². The first-order valence-corrected chi connectivity index (χ1v) is 7.14. The van der Waals surface area contributed by atoms with Crippen LogP contribution in [0.1, 0.15) is 12.0 Å². The van der Waals surface area contributed by atoms with Gasteiger partial charge < -0.3 is 15.0 Å². The third-order valence-electron chi connectivity index (χ3n) is 3.64. The smallest absolute Gasteiger partial charge is 0.241 e. The van der Waals surface area contributed by atoms with Gasteiger partial charge in [-0.15, -0.1) is 0 Å². The van der Waals surface area contributed by atoms with Crippen molar-refractivity contribution < 1.29 is 9.53 Å². The van der Waals surface area contributed by atoms with Crippen LogP contribution in [-0.4, -0.2) is 60.5 Å². The summed E-state index contributed by atoms with van der Waals surface area (Å²) in [6, 6.07) is 0. The molecule has 0 radical (unpaired) electrons. The number of carbonyl (C=O) groups excluding carboxylic acids is 1.